The first-order valence-corrected chi connectivity index (χ1v) is 7.04. The number of guanidine groups is 1. The van der Waals surface area contributed by atoms with Gasteiger partial charge in [-0.15, -0.1) is 30.6 Å². The van der Waals surface area contributed by atoms with Crippen molar-refractivity contribution in [1.82, 2.24) is 20.4 Å². The Hall–Kier alpha value is -1.32. The summed E-state index contributed by atoms with van der Waals surface area (Å²) in [5.74, 6) is 0.664. The number of hydrogen-bond donors (Lipinski definition) is 2. The van der Waals surface area contributed by atoms with Gasteiger partial charge in [-0.2, -0.15) is 0 Å². The minimum Gasteiger partial charge on any atom is -0.353 e. The molecular formula is C14H26IN5O2. The molecule has 0 spiro atoms. The second-order valence-corrected chi connectivity index (χ2v) is 5.28. The normalized spacial score (nSPS) is 18.3. The van der Waals surface area contributed by atoms with Crippen LogP contribution < -0.4 is 10.6 Å². The zero-order valence-electron chi connectivity index (χ0n) is 13.5. The first-order valence-electron chi connectivity index (χ1n) is 7.04. The van der Waals surface area contributed by atoms with Crippen molar-refractivity contribution in [2.75, 3.05) is 40.8 Å². The first kappa shape index (κ1) is 20.7. The molecule has 1 fully saturated rings. The Labute approximate surface area is 149 Å². The molecule has 1 aliphatic rings. The van der Waals surface area contributed by atoms with Gasteiger partial charge in [-0.05, 0) is 6.42 Å². The molecule has 0 saturated carbocycles. The lowest BCUT2D eigenvalue weighted by Crippen LogP contribution is -2.52. The Morgan fingerprint density at radius 3 is 2.77 bits per heavy atom. The van der Waals surface area contributed by atoms with Gasteiger partial charge in [-0.1, -0.05) is 6.08 Å². The number of carbonyl (C=O) groups excluding carboxylic acids is 2. The Morgan fingerprint density at radius 2 is 2.23 bits per heavy atom. The van der Waals surface area contributed by atoms with Gasteiger partial charge in [0.05, 0.1) is 0 Å². The van der Waals surface area contributed by atoms with Gasteiger partial charge < -0.3 is 20.4 Å². The second kappa shape index (κ2) is 10.4. The van der Waals surface area contributed by atoms with Crippen molar-refractivity contribution in [1.29, 1.82) is 0 Å². The number of carbonyl (C=O) groups is 2. The van der Waals surface area contributed by atoms with Crippen molar-refractivity contribution in [3.05, 3.63) is 12.7 Å². The summed E-state index contributed by atoms with van der Waals surface area (Å²) in [4.78, 5) is 30.6. The number of piperidine rings is 1. The van der Waals surface area contributed by atoms with E-state index in [9.17, 15) is 9.59 Å². The Kier molecular flexibility index (Phi) is 9.79. The highest BCUT2D eigenvalue weighted by Crippen LogP contribution is 2.09. The number of aliphatic imine (C=N–C) groups is 1. The lowest BCUT2D eigenvalue weighted by molar-refractivity contribution is -0.132. The van der Waals surface area contributed by atoms with Crippen LogP contribution in [0.3, 0.4) is 0 Å². The van der Waals surface area contributed by atoms with Gasteiger partial charge in [0.25, 0.3) is 0 Å². The van der Waals surface area contributed by atoms with Gasteiger partial charge in [0.15, 0.2) is 5.96 Å². The van der Waals surface area contributed by atoms with Gasteiger partial charge in [0, 0.05) is 46.7 Å². The monoisotopic (exact) mass is 423 g/mol. The van der Waals surface area contributed by atoms with Crippen LogP contribution in [0.2, 0.25) is 0 Å². The van der Waals surface area contributed by atoms with Crippen LogP contribution in [0.15, 0.2) is 17.6 Å². The summed E-state index contributed by atoms with van der Waals surface area (Å²) in [5, 5.41) is 6.35. The van der Waals surface area contributed by atoms with Crippen LogP contribution in [0, 0.1) is 0 Å². The van der Waals surface area contributed by atoms with Crippen molar-refractivity contribution >= 4 is 41.8 Å². The van der Waals surface area contributed by atoms with E-state index in [2.05, 4.69) is 22.2 Å². The van der Waals surface area contributed by atoms with Crippen LogP contribution in [0.5, 0.6) is 0 Å². The molecule has 0 aromatic carbocycles. The highest BCUT2D eigenvalue weighted by Gasteiger charge is 2.23. The summed E-state index contributed by atoms with van der Waals surface area (Å²) >= 11 is 0. The Bertz CT molecular complexity index is 425. The summed E-state index contributed by atoms with van der Waals surface area (Å²) in [5.41, 5.74) is 0. The smallest absolute Gasteiger partial charge is 0.243 e. The summed E-state index contributed by atoms with van der Waals surface area (Å²) in [6.45, 7) is 4.93. The van der Waals surface area contributed by atoms with Gasteiger partial charge in [-0.3, -0.25) is 9.59 Å². The number of nitrogens with one attached hydrogen (secondary N) is 2. The third-order valence-corrected chi connectivity index (χ3v) is 3.25. The number of nitrogens with zero attached hydrogens (tertiary/aromatic N) is 3. The highest BCUT2D eigenvalue weighted by atomic mass is 127. The van der Waals surface area contributed by atoms with Crippen molar-refractivity contribution in [3.8, 4) is 0 Å². The minimum absolute atomic E-state index is 0. The molecule has 8 heteroatoms. The van der Waals surface area contributed by atoms with Crippen LogP contribution in [-0.4, -0.2) is 74.4 Å². The van der Waals surface area contributed by atoms with Crippen molar-refractivity contribution in [2.45, 2.75) is 18.9 Å². The molecule has 126 valence electrons. The van der Waals surface area contributed by atoms with E-state index >= 15 is 0 Å². The number of rotatable bonds is 5. The fourth-order valence-electron chi connectivity index (χ4n) is 1.93. The van der Waals surface area contributed by atoms with Crippen LogP contribution in [0.25, 0.3) is 0 Å². The zero-order chi connectivity index (χ0) is 15.8. The summed E-state index contributed by atoms with van der Waals surface area (Å²) in [6.07, 6.45) is 3.01. The van der Waals surface area contributed by atoms with E-state index in [1.807, 2.05) is 0 Å². The quantitative estimate of drug-likeness (QED) is 0.283. The van der Waals surface area contributed by atoms with Gasteiger partial charge in [0.2, 0.25) is 11.8 Å². The largest absolute Gasteiger partial charge is 0.353 e. The molecule has 0 bridgehead atoms. The third kappa shape index (κ3) is 7.10. The predicted octanol–water partition coefficient (Wildman–Crippen LogP) is 0.0346. The lowest BCUT2D eigenvalue weighted by atomic mass is 10.1. The molecule has 1 aliphatic heterocycles. The lowest BCUT2D eigenvalue weighted by Gasteiger charge is -2.31. The second-order valence-electron chi connectivity index (χ2n) is 5.28. The van der Waals surface area contributed by atoms with E-state index in [1.165, 1.54) is 4.90 Å². The molecule has 1 heterocycles. The molecule has 1 atom stereocenters. The van der Waals surface area contributed by atoms with E-state index in [1.54, 1.807) is 32.1 Å². The number of likely N-dealkylation sites (tertiary alicyclic amines) is 1. The summed E-state index contributed by atoms with van der Waals surface area (Å²) < 4.78 is 0. The summed E-state index contributed by atoms with van der Waals surface area (Å²) in [6, 6.07) is 0.137. The zero-order valence-corrected chi connectivity index (χ0v) is 15.8. The van der Waals surface area contributed by atoms with E-state index in [0.717, 1.165) is 6.42 Å². The summed E-state index contributed by atoms with van der Waals surface area (Å²) in [7, 11) is 5.19. The molecular weight excluding hydrogens is 397 g/mol. The Morgan fingerprint density at radius 1 is 1.55 bits per heavy atom. The molecule has 0 aromatic rings. The fourth-order valence-corrected chi connectivity index (χ4v) is 1.93. The standard InChI is InChI=1S/C14H25N5O2.HI/c1-5-8-15-14(16-9-13(21)18(2)3)17-11-6-7-12(20)19(4)10-11;/h5,11H,1,6-10H2,2-4H3,(H2,15,16,17);1H. The molecule has 0 aromatic heterocycles. The average Bonchev–Trinajstić information content (AvgIpc) is 2.45. The molecule has 2 N–H and O–H groups in total. The molecule has 1 unspecified atom stereocenters. The van der Waals surface area contributed by atoms with Crippen LogP contribution in [0.4, 0.5) is 0 Å². The number of likely N-dealkylation sites (N-methyl/N-ethyl adjacent to an activating group) is 2. The third-order valence-electron chi connectivity index (χ3n) is 3.25. The SMILES string of the molecule is C=CCNC(=NCC(=O)N(C)C)NC1CCC(=O)N(C)C1.I. The molecule has 0 radical (unpaired) electrons. The van der Waals surface area contributed by atoms with E-state index < -0.39 is 0 Å². The fraction of sp³-hybridized carbons (Fsp3) is 0.643. The topological polar surface area (TPSA) is 77.0 Å². The van der Waals surface area contributed by atoms with Crippen LogP contribution in [-0.2, 0) is 9.59 Å². The van der Waals surface area contributed by atoms with E-state index in [0.29, 0.717) is 25.5 Å². The van der Waals surface area contributed by atoms with Gasteiger partial charge in [-0.25, -0.2) is 4.99 Å². The predicted molar refractivity (Wildman–Crippen MR) is 98.4 cm³/mol. The number of amides is 2. The van der Waals surface area contributed by atoms with Crippen molar-refractivity contribution < 1.29 is 9.59 Å². The number of hydrogen-bond acceptors (Lipinski definition) is 3. The molecule has 22 heavy (non-hydrogen) atoms. The van der Waals surface area contributed by atoms with E-state index in [4.69, 9.17) is 0 Å². The van der Waals surface area contributed by atoms with Crippen LogP contribution >= 0.6 is 24.0 Å². The Balaban J connectivity index is 0.00000441. The van der Waals surface area contributed by atoms with Gasteiger partial charge in [0.1, 0.15) is 6.54 Å². The minimum atomic E-state index is -0.0642. The molecule has 1 saturated heterocycles. The van der Waals surface area contributed by atoms with Crippen molar-refractivity contribution in [3.63, 3.8) is 0 Å². The maximum Gasteiger partial charge on any atom is 0.243 e. The highest BCUT2D eigenvalue weighted by molar-refractivity contribution is 14.0. The molecule has 1 rings (SSSR count). The van der Waals surface area contributed by atoms with Crippen molar-refractivity contribution in [2.24, 2.45) is 4.99 Å². The molecule has 0 aliphatic carbocycles. The van der Waals surface area contributed by atoms with Gasteiger partial charge >= 0.3 is 0 Å². The first-order chi connectivity index (χ1) is 9.93. The molecule has 7 nitrogen and oxygen atoms in total. The molecule has 2 amide bonds. The average molecular weight is 423 g/mol. The van der Waals surface area contributed by atoms with E-state index in [-0.39, 0.29) is 48.4 Å². The maximum absolute atomic E-state index is 11.6. The van der Waals surface area contributed by atoms with Crippen LogP contribution in [0.1, 0.15) is 12.8 Å². The maximum atomic E-state index is 11.6. The number of halogens is 1.